The number of aliphatic carboxylic acids is 1. The van der Waals surface area contributed by atoms with E-state index in [0.29, 0.717) is 19.3 Å². The fraction of sp³-hybridized carbons (Fsp3) is 0.816. The van der Waals surface area contributed by atoms with Gasteiger partial charge in [-0.3, -0.25) is 24.0 Å². The number of rotatable bonds is 6. The molecule has 1 heterocycles. The van der Waals surface area contributed by atoms with E-state index < -0.39 is 46.8 Å². The highest BCUT2D eigenvalue weighted by molar-refractivity contribution is 5.89. The maximum Gasteiger partial charge on any atom is 0.407 e. The summed E-state index contributed by atoms with van der Waals surface area (Å²) in [7, 11) is 3.28. The average molecular weight is 768 g/mol. The second kappa shape index (κ2) is 19.5. The summed E-state index contributed by atoms with van der Waals surface area (Å²) in [4.78, 5) is 84.7. The molecule has 6 atom stereocenters. The summed E-state index contributed by atoms with van der Waals surface area (Å²) >= 11 is 0. The van der Waals surface area contributed by atoms with Crippen LogP contribution >= 0.6 is 0 Å². The zero-order chi connectivity index (χ0) is 41.2. The fourth-order valence-electron chi connectivity index (χ4n) is 6.96. The van der Waals surface area contributed by atoms with Crippen LogP contribution in [0.2, 0.25) is 0 Å². The zero-order valence-corrected chi connectivity index (χ0v) is 34.2. The van der Waals surface area contributed by atoms with Crippen molar-refractivity contribution in [3.8, 4) is 0 Å². The van der Waals surface area contributed by atoms with E-state index in [4.69, 9.17) is 19.3 Å². The molecule has 4 fully saturated rings. The van der Waals surface area contributed by atoms with Crippen molar-refractivity contribution in [3.63, 3.8) is 0 Å². The van der Waals surface area contributed by atoms with Gasteiger partial charge in [-0.1, -0.05) is 19.3 Å². The molecule has 0 aromatic rings. The molecule has 0 bridgehead atoms. The Hall–Kier alpha value is -4.11. The number of carboxylic acids is 1. The van der Waals surface area contributed by atoms with Crippen LogP contribution in [0.4, 0.5) is 9.59 Å². The van der Waals surface area contributed by atoms with Crippen molar-refractivity contribution < 1.29 is 52.9 Å². The summed E-state index contributed by atoms with van der Waals surface area (Å²) in [6.45, 7) is 16.1. The van der Waals surface area contributed by atoms with Crippen LogP contribution in [0.5, 0.6) is 0 Å². The predicted octanol–water partition coefficient (Wildman–Crippen LogP) is 3.99. The van der Waals surface area contributed by atoms with E-state index in [1.165, 1.54) is 9.80 Å². The average Bonchev–Trinajstić information content (AvgIpc) is 3.74. The molecule has 16 heteroatoms. The first-order valence-electron chi connectivity index (χ1n) is 19.0. The molecule has 0 radical (unpaired) electrons. The number of nitrogens with one attached hydrogen (secondary N) is 3. The summed E-state index contributed by atoms with van der Waals surface area (Å²) in [5.74, 6) is -2.14. The number of ether oxygens (including phenoxy) is 3. The number of nitrogens with zero attached hydrogens (tertiary/aromatic N) is 2. The number of esters is 1. The minimum Gasteiger partial charge on any atom is -0.481 e. The molecule has 4 rings (SSSR count). The van der Waals surface area contributed by atoms with E-state index in [1.807, 2.05) is 0 Å². The lowest BCUT2D eigenvalue weighted by Crippen LogP contribution is -2.47. The van der Waals surface area contributed by atoms with Gasteiger partial charge in [0, 0.05) is 32.2 Å². The quantitative estimate of drug-likeness (QED) is 0.224. The Kier molecular flexibility index (Phi) is 16.6. The Morgan fingerprint density at radius 2 is 1.20 bits per heavy atom. The first-order valence-corrected chi connectivity index (χ1v) is 19.0. The van der Waals surface area contributed by atoms with E-state index in [-0.39, 0.29) is 60.8 Å². The normalized spacial score (nSPS) is 25.3. The van der Waals surface area contributed by atoms with Crippen LogP contribution in [0, 0.1) is 17.8 Å². The first kappa shape index (κ1) is 46.0. The third kappa shape index (κ3) is 16.1. The second-order valence-corrected chi connectivity index (χ2v) is 17.6. The molecular weight excluding hydrogens is 702 g/mol. The van der Waals surface area contributed by atoms with Crippen LogP contribution in [0.3, 0.4) is 0 Å². The van der Waals surface area contributed by atoms with E-state index in [0.717, 1.165) is 38.5 Å². The summed E-state index contributed by atoms with van der Waals surface area (Å²) in [6.07, 6.45) is 6.27. The number of carbonyl (C=O) groups excluding carboxylic acids is 6. The molecule has 4 N–H and O–H groups in total. The molecular formula is C38H65N5O11. The van der Waals surface area contributed by atoms with Gasteiger partial charge < -0.3 is 45.1 Å². The SMILES string of the molecule is CC(C)(C)OC(=O)N[C@@H]1CCC[C@H]1C(=O)O.CN(CC(=O)OC(C)(C)C)C(=O)[C@@H]1CCC[C@H]1NC(=O)OC(C)(C)C.CN1CC(=O)N[C@@H]2CCC[C@H]2C1=O. The van der Waals surface area contributed by atoms with Crippen LogP contribution in [-0.2, 0) is 38.2 Å². The standard InChI is InChI=1S/C18H32N2O5.C11H19NO4.C9H14N2O2/c1-17(2,3)24-14(21)11-20(7)15(22)12-9-8-10-13(12)19-16(23)25-18(4,5)6;1-11(2,3)16-10(15)12-8-6-4-5-7(8)9(13)14;1-11-5-8(12)10-7-4-2-3-6(7)9(11)13/h12-13H,8-11H2,1-7H3,(H,19,23);7-8H,4-6H2,1-3H3,(H,12,15)(H,13,14);6-7H,2-5H2,1H3,(H,10,12)/t12-,13-;7-,8-;6-,7-/m111/s1. The van der Waals surface area contributed by atoms with Crippen LogP contribution in [0.25, 0.3) is 0 Å². The van der Waals surface area contributed by atoms with Crippen LogP contribution in [0.1, 0.15) is 120 Å². The molecule has 308 valence electrons. The molecule has 0 aromatic heterocycles. The van der Waals surface area contributed by atoms with E-state index >= 15 is 0 Å². The predicted molar refractivity (Wildman–Crippen MR) is 199 cm³/mol. The fourth-order valence-corrected chi connectivity index (χ4v) is 6.96. The Labute approximate surface area is 320 Å². The van der Waals surface area contributed by atoms with Gasteiger partial charge in [-0.25, -0.2) is 9.59 Å². The third-order valence-electron chi connectivity index (χ3n) is 9.17. The van der Waals surface area contributed by atoms with Crippen LogP contribution < -0.4 is 16.0 Å². The number of likely N-dealkylation sites (N-methyl/N-ethyl adjacent to an activating group) is 2. The van der Waals surface area contributed by atoms with Crippen molar-refractivity contribution in [1.29, 1.82) is 0 Å². The maximum absolute atomic E-state index is 12.6. The Morgan fingerprint density at radius 1 is 0.741 bits per heavy atom. The first-order chi connectivity index (χ1) is 24.8. The number of amides is 5. The topological polar surface area (TPSA) is 210 Å². The third-order valence-corrected chi connectivity index (χ3v) is 9.17. The van der Waals surface area contributed by atoms with E-state index in [9.17, 15) is 33.6 Å². The Balaban J connectivity index is 0.000000298. The van der Waals surface area contributed by atoms with E-state index in [1.54, 1.807) is 76.4 Å². The largest absolute Gasteiger partial charge is 0.481 e. The summed E-state index contributed by atoms with van der Waals surface area (Å²) in [5, 5.41) is 17.3. The number of carbonyl (C=O) groups is 7. The van der Waals surface area contributed by atoms with Crippen molar-refractivity contribution >= 4 is 41.8 Å². The highest BCUT2D eigenvalue weighted by atomic mass is 16.6. The molecule has 1 aliphatic heterocycles. The van der Waals surface area contributed by atoms with Crippen molar-refractivity contribution in [2.45, 2.75) is 155 Å². The minimum atomic E-state index is -0.849. The number of fused-ring (bicyclic) bond motifs is 1. The Bertz CT molecular complexity index is 1350. The molecule has 16 nitrogen and oxygen atoms in total. The lowest BCUT2D eigenvalue weighted by molar-refractivity contribution is -0.159. The second-order valence-electron chi connectivity index (χ2n) is 17.6. The maximum atomic E-state index is 12.6. The number of alkyl carbamates (subject to hydrolysis) is 2. The Morgan fingerprint density at radius 3 is 1.69 bits per heavy atom. The van der Waals surface area contributed by atoms with Crippen molar-refractivity contribution in [2.75, 3.05) is 27.2 Å². The van der Waals surface area contributed by atoms with Crippen molar-refractivity contribution in [3.05, 3.63) is 0 Å². The highest BCUT2D eigenvalue weighted by Crippen LogP contribution is 2.29. The number of hydrogen-bond acceptors (Lipinski definition) is 10. The molecule has 0 spiro atoms. The molecule has 1 saturated heterocycles. The summed E-state index contributed by atoms with van der Waals surface area (Å²) in [6, 6.07) is -0.472. The molecule has 3 saturated carbocycles. The molecule has 5 amide bonds. The van der Waals surface area contributed by atoms with Crippen molar-refractivity contribution in [2.24, 2.45) is 17.8 Å². The van der Waals surface area contributed by atoms with Gasteiger partial charge in [0.2, 0.25) is 17.7 Å². The van der Waals surface area contributed by atoms with Crippen LogP contribution in [0.15, 0.2) is 0 Å². The van der Waals surface area contributed by atoms with Gasteiger partial charge in [0.1, 0.15) is 23.3 Å². The smallest absolute Gasteiger partial charge is 0.407 e. The molecule has 0 unspecified atom stereocenters. The van der Waals surface area contributed by atoms with Crippen molar-refractivity contribution in [1.82, 2.24) is 25.8 Å². The monoisotopic (exact) mass is 767 g/mol. The minimum absolute atomic E-state index is 0.0229. The van der Waals surface area contributed by atoms with E-state index in [2.05, 4.69) is 16.0 Å². The molecule has 3 aliphatic carbocycles. The van der Waals surface area contributed by atoms with Gasteiger partial charge in [0.15, 0.2) is 0 Å². The van der Waals surface area contributed by atoms with Gasteiger partial charge in [-0.2, -0.15) is 0 Å². The van der Waals surface area contributed by atoms with Gasteiger partial charge in [-0.05, 0) is 101 Å². The van der Waals surface area contributed by atoms with Gasteiger partial charge in [0.05, 0.1) is 24.3 Å². The van der Waals surface area contributed by atoms with Crippen LogP contribution in [-0.4, -0.2) is 119 Å². The molecule has 0 aromatic carbocycles. The summed E-state index contributed by atoms with van der Waals surface area (Å²) < 4.78 is 15.6. The van der Waals surface area contributed by atoms with Gasteiger partial charge in [-0.15, -0.1) is 0 Å². The summed E-state index contributed by atoms with van der Waals surface area (Å²) in [5.41, 5.74) is -1.73. The molecule has 4 aliphatic rings. The molecule has 54 heavy (non-hydrogen) atoms. The highest BCUT2D eigenvalue weighted by Gasteiger charge is 2.39. The lowest BCUT2D eigenvalue weighted by atomic mass is 10.0. The van der Waals surface area contributed by atoms with Gasteiger partial charge >= 0.3 is 24.1 Å². The zero-order valence-electron chi connectivity index (χ0n) is 34.2. The van der Waals surface area contributed by atoms with Gasteiger partial charge in [0.25, 0.3) is 0 Å². The number of hydrogen-bond donors (Lipinski definition) is 4. The number of carboxylic acid groups (broad SMARTS) is 1. The lowest BCUT2D eigenvalue weighted by Gasteiger charge is -2.27.